The van der Waals surface area contributed by atoms with Crippen molar-refractivity contribution in [1.29, 1.82) is 0 Å². The van der Waals surface area contributed by atoms with Crippen molar-refractivity contribution in [2.24, 2.45) is 0 Å². The second-order valence-corrected chi connectivity index (χ2v) is 7.02. The van der Waals surface area contributed by atoms with Crippen LogP contribution in [0.3, 0.4) is 0 Å². The van der Waals surface area contributed by atoms with E-state index >= 15 is 0 Å². The smallest absolute Gasteiger partial charge is 0.261 e. The Morgan fingerprint density at radius 2 is 2.15 bits per heavy atom. The molecule has 1 saturated heterocycles. The Hall–Kier alpha value is -2.31. The maximum absolute atomic E-state index is 12.2. The number of anilines is 1. The molecule has 27 heavy (non-hydrogen) atoms. The first-order valence-corrected chi connectivity index (χ1v) is 9.40. The summed E-state index contributed by atoms with van der Waals surface area (Å²) < 4.78 is 11.2. The van der Waals surface area contributed by atoms with E-state index in [2.05, 4.69) is 22.1 Å². The van der Waals surface area contributed by atoms with Gasteiger partial charge >= 0.3 is 0 Å². The van der Waals surface area contributed by atoms with Crippen LogP contribution >= 0.6 is 11.6 Å². The summed E-state index contributed by atoms with van der Waals surface area (Å²) in [6.07, 6.45) is 1.40. The number of benzene rings is 1. The molecule has 0 radical (unpaired) electrons. The minimum atomic E-state index is -0.603. The summed E-state index contributed by atoms with van der Waals surface area (Å²) in [5.74, 6) is 1.35. The summed E-state index contributed by atoms with van der Waals surface area (Å²) in [4.78, 5) is 19.0. The monoisotopic (exact) mass is 389 g/mol. The highest BCUT2D eigenvalue weighted by atomic mass is 35.5. The standard InChI is InChI=1S/C20H24ClN3O3/c1-14-13-24(9-10-26-14)19-8-3-16(11-22-19)12-23-20(25)15(2)27-18-6-4-17(21)5-7-18/h3-8,11,14-15H,9-10,12-13H2,1-2H3,(H,23,25). The van der Waals surface area contributed by atoms with Crippen molar-refractivity contribution in [3.8, 4) is 5.75 Å². The van der Waals surface area contributed by atoms with Gasteiger partial charge in [0.2, 0.25) is 0 Å². The fraction of sp³-hybridized carbons (Fsp3) is 0.400. The Kier molecular flexibility index (Phi) is 6.53. The maximum atomic E-state index is 12.2. The lowest BCUT2D eigenvalue weighted by molar-refractivity contribution is -0.127. The summed E-state index contributed by atoms with van der Waals surface area (Å²) in [6, 6.07) is 10.9. The molecule has 0 saturated carbocycles. The Labute approximate surface area is 164 Å². The van der Waals surface area contributed by atoms with Crippen LogP contribution in [0.25, 0.3) is 0 Å². The van der Waals surface area contributed by atoms with Crippen LogP contribution in [0, 0.1) is 0 Å². The summed E-state index contributed by atoms with van der Waals surface area (Å²) >= 11 is 5.85. The lowest BCUT2D eigenvalue weighted by Gasteiger charge is -2.32. The first kappa shape index (κ1) is 19.5. The van der Waals surface area contributed by atoms with Crippen LogP contribution in [-0.4, -0.2) is 42.8 Å². The van der Waals surface area contributed by atoms with Crippen LogP contribution in [0.1, 0.15) is 19.4 Å². The molecule has 0 aliphatic carbocycles. The molecular weight excluding hydrogens is 366 g/mol. The fourth-order valence-electron chi connectivity index (χ4n) is 2.84. The van der Waals surface area contributed by atoms with Gasteiger partial charge in [0.1, 0.15) is 11.6 Å². The van der Waals surface area contributed by atoms with Crippen LogP contribution in [0.15, 0.2) is 42.6 Å². The molecule has 1 aliphatic rings. The van der Waals surface area contributed by atoms with Gasteiger partial charge in [-0.1, -0.05) is 17.7 Å². The van der Waals surface area contributed by atoms with Gasteiger partial charge in [-0.25, -0.2) is 4.98 Å². The van der Waals surface area contributed by atoms with Crippen LogP contribution in [0.4, 0.5) is 5.82 Å². The van der Waals surface area contributed by atoms with Gasteiger partial charge in [-0.3, -0.25) is 4.79 Å². The van der Waals surface area contributed by atoms with Crippen LogP contribution in [-0.2, 0) is 16.1 Å². The van der Waals surface area contributed by atoms with Gasteiger partial charge in [0.25, 0.3) is 5.91 Å². The molecule has 1 aromatic heterocycles. The highest BCUT2D eigenvalue weighted by molar-refractivity contribution is 6.30. The van der Waals surface area contributed by atoms with Crippen molar-refractivity contribution >= 4 is 23.3 Å². The molecule has 2 heterocycles. The first-order chi connectivity index (χ1) is 13.0. The number of rotatable bonds is 6. The lowest BCUT2D eigenvalue weighted by atomic mass is 10.2. The van der Waals surface area contributed by atoms with Gasteiger partial charge < -0.3 is 19.7 Å². The Balaban J connectivity index is 1.48. The van der Waals surface area contributed by atoms with E-state index in [-0.39, 0.29) is 12.0 Å². The average molecular weight is 390 g/mol. The van der Waals surface area contributed by atoms with Gasteiger partial charge in [-0.05, 0) is 49.7 Å². The number of pyridine rings is 1. The molecule has 2 unspecified atom stereocenters. The number of aromatic nitrogens is 1. The van der Waals surface area contributed by atoms with E-state index in [0.29, 0.717) is 23.9 Å². The predicted octanol–water partition coefficient (Wildman–Crippen LogP) is 3.04. The molecule has 1 fully saturated rings. The Morgan fingerprint density at radius 3 is 2.81 bits per heavy atom. The lowest BCUT2D eigenvalue weighted by Crippen LogP contribution is -2.41. The van der Waals surface area contributed by atoms with Crippen molar-refractivity contribution in [2.75, 3.05) is 24.6 Å². The summed E-state index contributed by atoms with van der Waals surface area (Å²) in [5, 5.41) is 3.50. The quantitative estimate of drug-likeness (QED) is 0.822. The minimum Gasteiger partial charge on any atom is -0.481 e. The molecule has 2 atom stereocenters. The number of ether oxygens (including phenoxy) is 2. The zero-order valence-corrected chi connectivity index (χ0v) is 16.3. The summed E-state index contributed by atoms with van der Waals surface area (Å²) in [5.41, 5.74) is 0.937. The van der Waals surface area contributed by atoms with E-state index in [0.717, 1.165) is 24.5 Å². The Morgan fingerprint density at radius 1 is 1.37 bits per heavy atom. The van der Waals surface area contributed by atoms with Gasteiger partial charge in [0.15, 0.2) is 6.10 Å². The minimum absolute atomic E-state index is 0.184. The Bertz CT molecular complexity index is 752. The molecule has 3 rings (SSSR count). The largest absolute Gasteiger partial charge is 0.481 e. The zero-order valence-electron chi connectivity index (χ0n) is 15.5. The van der Waals surface area contributed by atoms with Crippen LogP contribution in [0.5, 0.6) is 5.75 Å². The zero-order chi connectivity index (χ0) is 19.2. The molecule has 1 aromatic carbocycles. The van der Waals surface area contributed by atoms with Crippen molar-refractivity contribution < 1.29 is 14.3 Å². The SMILES string of the molecule is CC1CN(c2ccc(CNC(=O)C(C)Oc3ccc(Cl)cc3)cn2)CCO1. The average Bonchev–Trinajstić information content (AvgIpc) is 2.68. The molecule has 7 heteroatoms. The number of morpholine rings is 1. The van der Waals surface area contributed by atoms with Crippen molar-refractivity contribution in [3.05, 3.63) is 53.2 Å². The number of carbonyl (C=O) groups excluding carboxylic acids is 1. The maximum Gasteiger partial charge on any atom is 0.261 e. The number of hydrogen-bond acceptors (Lipinski definition) is 5. The second-order valence-electron chi connectivity index (χ2n) is 6.58. The summed E-state index contributed by atoms with van der Waals surface area (Å²) in [6.45, 7) is 6.57. The number of nitrogens with zero attached hydrogens (tertiary/aromatic N) is 2. The molecule has 6 nitrogen and oxygen atoms in total. The molecule has 0 bridgehead atoms. The third-order valence-corrected chi connectivity index (χ3v) is 4.59. The normalized spacial score (nSPS) is 18.0. The predicted molar refractivity (Wildman–Crippen MR) is 105 cm³/mol. The number of hydrogen-bond donors (Lipinski definition) is 1. The third kappa shape index (κ3) is 5.58. The fourth-order valence-corrected chi connectivity index (χ4v) is 2.96. The van der Waals surface area contributed by atoms with Gasteiger partial charge in [0.05, 0.1) is 12.7 Å². The van der Waals surface area contributed by atoms with Crippen molar-refractivity contribution in [2.45, 2.75) is 32.6 Å². The number of nitrogens with one attached hydrogen (secondary N) is 1. The van der Waals surface area contributed by atoms with E-state index in [1.165, 1.54) is 0 Å². The van der Waals surface area contributed by atoms with Crippen LogP contribution < -0.4 is 15.0 Å². The van der Waals surface area contributed by atoms with E-state index in [4.69, 9.17) is 21.1 Å². The van der Waals surface area contributed by atoms with Gasteiger partial charge in [-0.15, -0.1) is 0 Å². The summed E-state index contributed by atoms with van der Waals surface area (Å²) in [7, 11) is 0. The highest BCUT2D eigenvalue weighted by Gasteiger charge is 2.18. The van der Waals surface area contributed by atoms with E-state index in [9.17, 15) is 4.79 Å². The molecule has 1 amide bonds. The van der Waals surface area contributed by atoms with E-state index in [1.807, 2.05) is 12.1 Å². The molecule has 1 N–H and O–H groups in total. The van der Waals surface area contributed by atoms with Crippen molar-refractivity contribution in [3.63, 3.8) is 0 Å². The second kappa shape index (κ2) is 9.06. The molecule has 1 aliphatic heterocycles. The molecule has 144 valence electrons. The molecule has 2 aromatic rings. The molecular formula is C20H24ClN3O3. The number of halogens is 1. The molecule has 0 spiro atoms. The number of carbonyl (C=O) groups is 1. The first-order valence-electron chi connectivity index (χ1n) is 9.02. The van der Waals surface area contributed by atoms with E-state index in [1.54, 1.807) is 37.4 Å². The van der Waals surface area contributed by atoms with E-state index < -0.39 is 6.10 Å². The third-order valence-electron chi connectivity index (χ3n) is 4.34. The van der Waals surface area contributed by atoms with Gasteiger partial charge in [0, 0.05) is 30.9 Å². The highest BCUT2D eigenvalue weighted by Crippen LogP contribution is 2.17. The van der Waals surface area contributed by atoms with Gasteiger partial charge in [-0.2, -0.15) is 0 Å². The number of amides is 1. The topological polar surface area (TPSA) is 63.7 Å². The van der Waals surface area contributed by atoms with Crippen LogP contribution in [0.2, 0.25) is 5.02 Å². The van der Waals surface area contributed by atoms with Crippen molar-refractivity contribution in [1.82, 2.24) is 10.3 Å².